The molecule has 4 nitrogen and oxygen atoms in total. The summed E-state index contributed by atoms with van der Waals surface area (Å²) in [5.74, 6) is 0. The van der Waals surface area contributed by atoms with Crippen LogP contribution in [0.1, 0.15) is 119 Å². The number of rotatable bonds is 8. The van der Waals surface area contributed by atoms with Crippen LogP contribution in [0.15, 0.2) is 18.2 Å². The zero-order valence-electron chi connectivity index (χ0n) is 26.4. The van der Waals surface area contributed by atoms with Gasteiger partial charge in [0.2, 0.25) is 0 Å². The van der Waals surface area contributed by atoms with Crippen LogP contribution >= 0.6 is 0 Å². The Balaban J connectivity index is 0.00000387. The molecule has 0 unspecified atom stereocenters. The molecule has 5 heterocycles. The first-order valence-electron chi connectivity index (χ1n) is 15.7. The number of allylic oxidation sites excluding steroid dienone is 2. The summed E-state index contributed by atoms with van der Waals surface area (Å²) in [6.45, 7) is 19.2. The van der Waals surface area contributed by atoms with Crippen molar-refractivity contribution in [3.8, 4) is 0 Å². The molecule has 2 aliphatic heterocycles. The van der Waals surface area contributed by atoms with Crippen LogP contribution < -0.4 is 0 Å². The second-order valence-corrected chi connectivity index (χ2v) is 10.8. The molecule has 0 aromatic carbocycles. The van der Waals surface area contributed by atoms with Gasteiger partial charge in [0.05, 0.1) is 28.3 Å². The summed E-state index contributed by atoms with van der Waals surface area (Å²) in [5, 5.41) is 0. The third-order valence-corrected chi connectivity index (χ3v) is 8.85. The minimum absolute atomic E-state index is 0. The Bertz CT molecular complexity index is 1680. The third-order valence-electron chi connectivity index (χ3n) is 8.85. The Morgan fingerprint density at radius 3 is 1.73 bits per heavy atom. The van der Waals surface area contributed by atoms with E-state index in [-0.39, 0.29) is 21.7 Å². The fraction of sp³-hybridized carbons (Fsp3) is 0.444. The Labute approximate surface area is 261 Å². The van der Waals surface area contributed by atoms with Gasteiger partial charge in [-0.15, -0.1) is 0 Å². The standard InChI is InChI=1S/C36H46N4.Ti/c1-9-22-19-25-20-23-17-18-24(37-23)21-32-26(10-2)29(13-5)36(40(32)16-8)31(15-7)35-28(12-4)27(11-3)34(39-35)30(14-6)33(22)38-25;/h17-21,38H,9-16H2,1-8H3;. The fourth-order valence-corrected chi connectivity index (χ4v) is 7.06. The summed E-state index contributed by atoms with van der Waals surface area (Å²) >= 11 is 0. The van der Waals surface area contributed by atoms with Crippen LogP contribution in [0.5, 0.6) is 0 Å². The Kier molecular flexibility index (Phi) is 9.98. The number of aryl methyl sites for hydroxylation is 6. The maximum Gasteiger partial charge on any atom is 0.0725 e. The first-order valence-corrected chi connectivity index (χ1v) is 15.7. The minimum atomic E-state index is 0. The molecule has 0 amide bonds. The molecule has 2 aliphatic rings. The third kappa shape index (κ3) is 5.23. The van der Waals surface area contributed by atoms with Crippen LogP contribution in [0.2, 0.25) is 0 Å². The van der Waals surface area contributed by atoms with Gasteiger partial charge in [0.15, 0.2) is 0 Å². The molecule has 0 saturated carbocycles. The van der Waals surface area contributed by atoms with Gasteiger partial charge in [-0.05, 0) is 110 Å². The number of nitrogens with one attached hydrogen (secondary N) is 1. The number of aromatic nitrogens is 4. The number of hydrogen-bond donors (Lipinski definition) is 1. The number of aromatic amines is 1. The van der Waals surface area contributed by atoms with Crippen molar-refractivity contribution in [1.29, 1.82) is 0 Å². The van der Waals surface area contributed by atoms with Crippen molar-refractivity contribution in [3.63, 3.8) is 0 Å². The van der Waals surface area contributed by atoms with Gasteiger partial charge >= 0.3 is 0 Å². The normalized spacial score (nSPS) is 12.8. The van der Waals surface area contributed by atoms with Crippen LogP contribution in [0.4, 0.5) is 0 Å². The van der Waals surface area contributed by atoms with Gasteiger partial charge in [-0.25, -0.2) is 9.97 Å². The number of H-pyrrole nitrogens is 1. The molecule has 0 saturated heterocycles. The summed E-state index contributed by atoms with van der Waals surface area (Å²) < 4.78 is 2.55. The van der Waals surface area contributed by atoms with E-state index in [1.54, 1.807) is 0 Å². The summed E-state index contributed by atoms with van der Waals surface area (Å²) in [6.07, 6.45) is 11.2. The molecule has 1 N–H and O–H groups in total. The molecule has 214 valence electrons. The number of hydrogen-bond acceptors (Lipinski definition) is 2. The molecule has 0 atom stereocenters. The van der Waals surface area contributed by atoms with E-state index in [0.29, 0.717) is 0 Å². The summed E-state index contributed by atoms with van der Waals surface area (Å²) in [4.78, 5) is 14.4. The fourth-order valence-electron chi connectivity index (χ4n) is 7.06. The quantitative estimate of drug-likeness (QED) is 0.210. The van der Waals surface area contributed by atoms with E-state index in [4.69, 9.17) is 9.97 Å². The maximum atomic E-state index is 5.61. The Morgan fingerprint density at radius 2 is 1.20 bits per heavy atom. The van der Waals surface area contributed by atoms with Crippen molar-refractivity contribution in [2.45, 2.75) is 107 Å². The SMILES string of the molecule is CCC1=C(CC)c2nc1c(CC)c1[nH]c(cc3nc(cc4c(CC)c(CC)c(c2CC)n4CC)C=C3)cc1CC.[Ti]. The van der Waals surface area contributed by atoms with Crippen molar-refractivity contribution >= 4 is 45.4 Å². The predicted octanol–water partition coefficient (Wildman–Crippen LogP) is 9.52. The molecule has 8 bridgehead atoms. The van der Waals surface area contributed by atoms with Crippen LogP contribution in [0, 0.1) is 0 Å². The topological polar surface area (TPSA) is 46.5 Å². The van der Waals surface area contributed by atoms with Gasteiger partial charge in [-0.1, -0.05) is 48.5 Å². The molecule has 5 heteroatoms. The molecule has 5 rings (SSSR count). The first-order chi connectivity index (χ1) is 19.5. The monoisotopic (exact) mass is 582 g/mol. The predicted molar refractivity (Wildman–Crippen MR) is 174 cm³/mol. The van der Waals surface area contributed by atoms with Crippen LogP contribution in [-0.2, 0) is 60.4 Å². The zero-order valence-corrected chi connectivity index (χ0v) is 27.9. The number of fused-ring (bicyclic) bond motifs is 8. The molecule has 0 spiro atoms. The first kappa shape index (κ1) is 31.3. The van der Waals surface area contributed by atoms with E-state index in [1.165, 1.54) is 66.9 Å². The summed E-state index contributed by atoms with van der Waals surface area (Å²) in [5.41, 5.74) is 19.3. The Hall–Kier alpha value is -2.69. The summed E-state index contributed by atoms with van der Waals surface area (Å²) in [6, 6.07) is 6.80. The van der Waals surface area contributed by atoms with Crippen LogP contribution in [0.3, 0.4) is 0 Å². The van der Waals surface area contributed by atoms with Crippen LogP contribution in [0.25, 0.3) is 45.4 Å². The van der Waals surface area contributed by atoms with Crippen LogP contribution in [-0.4, -0.2) is 19.5 Å². The van der Waals surface area contributed by atoms with Gasteiger partial charge in [0.25, 0.3) is 0 Å². The molecule has 0 radical (unpaired) electrons. The average Bonchev–Trinajstić information content (AvgIpc) is 3.73. The van der Waals surface area contributed by atoms with Gasteiger partial charge in [0.1, 0.15) is 0 Å². The Morgan fingerprint density at radius 1 is 0.610 bits per heavy atom. The molecular formula is C36H46N4Ti. The van der Waals surface area contributed by atoms with Gasteiger partial charge < -0.3 is 9.55 Å². The second kappa shape index (κ2) is 13.1. The number of nitrogens with zero attached hydrogens (tertiary/aromatic N) is 3. The zero-order chi connectivity index (χ0) is 28.6. The molecule has 0 aliphatic carbocycles. The van der Waals surface area contributed by atoms with Crippen molar-refractivity contribution < 1.29 is 21.7 Å². The molecule has 41 heavy (non-hydrogen) atoms. The van der Waals surface area contributed by atoms with E-state index in [0.717, 1.165) is 68.4 Å². The van der Waals surface area contributed by atoms with Gasteiger partial charge in [0, 0.05) is 55.9 Å². The van der Waals surface area contributed by atoms with E-state index in [1.807, 2.05) is 0 Å². The van der Waals surface area contributed by atoms with Crippen molar-refractivity contribution in [2.24, 2.45) is 0 Å². The van der Waals surface area contributed by atoms with Gasteiger partial charge in [-0.2, -0.15) is 0 Å². The van der Waals surface area contributed by atoms with Crippen molar-refractivity contribution in [2.75, 3.05) is 0 Å². The molecule has 0 fully saturated rings. The van der Waals surface area contributed by atoms with Crippen molar-refractivity contribution in [1.82, 2.24) is 19.5 Å². The summed E-state index contributed by atoms with van der Waals surface area (Å²) in [7, 11) is 0. The van der Waals surface area contributed by atoms with E-state index in [2.05, 4.69) is 95.3 Å². The molecule has 3 aromatic rings. The van der Waals surface area contributed by atoms with Gasteiger partial charge in [-0.3, -0.25) is 0 Å². The average molecular weight is 583 g/mol. The molecule has 3 aromatic heterocycles. The van der Waals surface area contributed by atoms with Crippen molar-refractivity contribution in [3.05, 3.63) is 68.8 Å². The smallest absolute Gasteiger partial charge is 0.0725 e. The largest absolute Gasteiger partial charge is 0.355 e. The van der Waals surface area contributed by atoms with E-state index < -0.39 is 0 Å². The second-order valence-electron chi connectivity index (χ2n) is 10.8. The molecular weight excluding hydrogens is 536 g/mol. The maximum absolute atomic E-state index is 5.61. The van der Waals surface area contributed by atoms with E-state index >= 15 is 0 Å². The minimum Gasteiger partial charge on any atom is -0.355 e. The van der Waals surface area contributed by atoms with E-state index in [9.17, 15) is 0 Å².